The van der Waals surface area contributed by atoms with E-state index < -0.39 is 11.7 Å². The molecule has 0 bridgehead atoms. The Bertz CT molecular complexity index is 604. The number of benzene rings is 1. The van der Waals surface area contributed by atoms with Crippen LogP contribution >= 0.6 is 12.4 Å². The molecule has 17 heavy (non-hydrogen) atoms. The number of aryl methyl sites for hydroxylation is 1. The maximum atomic E-state index is 12.5. The Labute approximate surface area is 101 Å². The van der Waals surface area contributed by atoms with Crippen LogP contribution in [-0.2, 0) is 13.2 Å². The third kappa shape index (κ3) is 2.44. The lowest BCUT2D eigenvalue weighted by Crippen LogP contribution is -2.09. The highest BCUT2D eigenvalue weighted by Crippen LogP contribution is 2.30. The Morgan fingerprint density at radius 1 is 1.18 bits per heavy atom. The summed E-state index contributed by atoms with van der Waals surface area (Å²) in [5, 5.41) is 0.290. The van der Waals surface area contributed by atoms with E-state index in [4.69, 9.17) is 0 Å². The molecule has 0 radical (unpaired) electrons. The van der Waals surface area contributed by atoms with Crippen LogP contribution < -0.4 is 5.43 Å². The van der Waals surface area contributed by atoms with Crippen molar-refractivity contribution < 1.29 is 13.2 Å². The molecule has 0 fully saturated rings. The van der Waals surface area contributed by atoms with Gasteiger partial charge in [-0.25, -0.2) is 0 Å². The predicted octanol–water partition coefficient (Wildman–Crippen LogP) is 2.98. The first-order valence-electron chi connectivity index (χ1n) is 4.56. The fourth-order valence-corrected chi connectivity index (χ4v) is 1.56. The summed E-state index contributed by atoms with van der Waals surface area (Å²) in [6.07, 6.45) is -2.94. The maximum Gasteiger partial charge on any atom is 0.416 e. The zero-order valence-electron chi connectivity index (χ0n) is 8.78. The molecular weight excluding hydrogens is 255 g/mol. The van der Waals surface area contributed by atoms with Gasteiger partial charge in [0.25, 0.3) is 0 Å². The summed E-state index contributed by atoms with van der Waals surface area (Å²) >= 11 is 0. The number of halogens is 4. The van der Waals surface area contributed by atoms with Gasteiger partial charge in [-0.05, 0) is 18.2 Å². The van der Waals surface area contributed by atoms with E-state index in [9.17, 15) is 18.0 Å². The molecule has 0 aliphatic carbocycles. The Kier molecular flexibility index (Phi) is 3.52. The monoisotopic (exact) mass is 263 g/mol. The topological polar surface area (TPSA) is 22.0 Å². The molecule has 0 spiro atoms. The van der Waals surface area contributed by atoms with E-state index in [0.29, 0.717) is 0 Å². The van der Waals surface area contributed by atoms with Crippen molar-refractivity contribution in [3.8, 4) is 0 Å². The van der Waals surface area contributed by atoms with Gasteiger partial charge in [0.1, 0.15) is 0 Å². The highest BCUT2D eigenvalue weighted by Gasteiger charge is 2.30. The second-order valence-corrected chi connectivity index (χ2v) is 3.52. The van der Waals surface area contributed by atoms with Gasteiger partial charge >= 0.3 is 6.18 Å². The number of fused-ring (bicyclic) bond motifs is 1. The third-order valence-electron chi connectivity index (χ3n) is 2.42. The van der Waals surface area contributed by atoms with E-state index in [1.54, 1.807) is 7.05 Å². The van der Waals surface area contributed by atoms with Crippen molar-refractivity contribution in [3.63, 3.8) is 0 Å². The zero-order valence-corrected chi connectivity index (χ0v) is 9.60. The van der Waals surface area contributed by atoms with Crippen molar-refractivity contribution >= 4 is 23.3 Å². The van der Waals surface area contributed by atoms with Crippen molar-refractivity contribution in [3.05, 3.63) is 46.2 Å². The first kappa shape index (κ1) is 13.6. The molecule has 2 aromatic rings. The van der Waals surface area contributed by atoms with Crippen LogP contribution in [-0.4, -0.2) is 4.57 Å². The van der Waals surface area contributed by atoms with E-state index in [1.165, 1.54) is 22.9 Å². The molecule has 1 aromatic heterocycles. The second-order valence-electron chi connectivity index (χ2n) is 3.52. The molecule has 0 unspecified atom stereocenters. The fourth-order valence-electron chi connectivity index (χ4n) is 1.56. The summed E-state index contributed by atoms with van der Waals surface area (Å²) in [5.41, 5.74) is -0.745. The van der Waals surface area contributed by atoms with Gasteiger partial charge in [-0.15, -0.1) is 12.4 Å². The molecule has 0 atom stereocenters. The van der Waals surface area contributed by atoms with E-state index in [2.05, 4.69) is 0 Å². The molecule has 0 aliphatic rings. The molecule has 0 saturated heterocycles. The Morgan fingerprint density at radius 3 is 2.41 bits per heavy atom. The number of hydrogen-bond donors (Lipinski definition) is 0. The number of pyridine rings is 1. The van der Waals surface area contributed by atoms with Crippen LogP contribution in [0.3, 0.4) is 0 Å². The minimum atomic E-state index is -4.39. The number of nitrogens with zero attached hydrogens (tertiary/aromatic N) is 1. The van der Waals surface area contributed by atoms with Crippen molar-refractivity contribution in [1.29, 1.82) is 0 Å². The van der Waals surface area contributed by atoms with Gasteiger partial charge in [0.15, 0.2) is 5.43 Å². The number of rotatable bonds is 0. The van der Waals surface area contributed by atoms with Crippen LogP contribution in [0.15, 0.2) is 35.3 Å². The van der Waals surface area contributed by atoms with Crippen LogP contribution in [0.2, 0.25) is 0 Å². The van der Waals surface area contributed by atoms with Crippen molar-refractivity contribution in [1.82, 2.24) is 4.57 Å². The average Bonchev–Trinajstić information content (AvgIpc) is 2.22. The molecule has 1 aromatic carbocycles. The second kappa shape index (κ2) is 4.41. The van der Waals surface area contributed by atoms with Gasteiger partial charge in [-0.1, -0.05) is 0 Å². The molecule has 6 heteroatoms. The average molecular weight is 264 g/mol. The van der Waals surface area contributed by atoms with Crippen LogP contribution in [0.25, 0.3) is 10.9 Å². The standard InChI is InChI=1S/C11H8F3NO.ClH/c1-15-5-4-10(16)8-3-2-7(6-9(8)15)11(12,13)14;/h2-6H,1H3;1H. The minimum absolute atomic E-state index is 0. The lowest BCUT2D eigenvalue weighted by atomic mass is 10.1. The van der Waals surface area contributed by atoms with E-state index >= 15 is 0 Å². The summed E-state index contributed by atoms with van der Waals surface area (Å²) in [5.74, 6) is 0. The Hall–Kier alpha value is -1.49. The lowest BCUT2D eigenvalue weighted by Gasteiger charge is -2.09. The van der Waals surface area contributed by atoms with Crippen LogP contribution in [0.5, 0.6) is 0 Å². The molecule has 0 saturated carbocycles. The predicted molar refractivity (Wildman–Crippen MR) is 61.4 cm³/mol. The van der Waals surface area contributed by atoms with Gasteiger partial charge in [0, 0.05) is 24.7 Å². The van der Waals surface area contributed by atoms with Crippen molar-refractivity contribution in [2.45, 2.75) is 6.18 Å². The molecular formula is C11H9ClF3NO. The molecule has 2 nitrogen and oxygen atoms in total. The molecule has 92 valence electrons. The maximum absolute atomic E-state index is 12.5. The van der Waals surface area contributed by atoms with Crippen LogP contribution in [0, 0.1) is 0 Å². The number of hydrogen-bond acceptors (Lipinski definition) is 1. The SMILES string of the molecule is Cl.Cn1ccc(=O)c2ccc(C(F)(F)F)cc21. The van der Waals surface area contributed by atoms with Crippen molar-refractivity contribution in [2.75, 3.05) is 0 Å². The van der Waals surface area contributed by atoms with Gasteiger partial charge < -0.3 is 4.57 Å². The first-order chi connectivity index (χ1) is 7.39. The highest BCUT2D eigenvalue weighted by atomic mass is 35.5. The molecule has 0 N–H and O–H groups in total. The smallest absolute Gasteiger partial charge is 0.350 e. The highest BCUT2D eigenvalue weighted by molar-refractivity contribution is 5.85. The van der Waals surface area contributed by atoms with E-state index in [-0.39, 0.29) is 28.7 Å². The summed E-state index contributed by atoms with van der Waals surface area (Å²) in [7, 11) is 1.60. The lowest BCUT2D eigenvalue weighted by molar-refractivity contribution is -0.137. The normalized spacial score (nSPS) is 11.3. The quantitative estimate of drug-likeness (QED) is 0.716. The van der Waals surface area contributed by atoms with Gasteiger partial charge in [0.05, 0.1) is 11.1 Å². The molecule has 1 heterocycles. The first-order valence-corrected chi connectivity index (χ1v) is 4.56. The van der Waals surface area contributed by atoms with Gasteiger partial charge in [0.2, 0.25) is 0 Å². The summed E-state index contributed by atoms with van der Waals surface area (Å²) in [6, 6.07) is 4.44. The zero-order chi connectivity index (χ0) is 11.9. The largest absolute Gasteiger partial charge is 0.416 e. The van der Waals surface area contributed by atoms with Crippen LogP contribution in [0.4, 0.5) is 13.2 Å². The molecule has 2 rings (SSSR count). The van der Waals surface area contributed by atoms with Gasteiger partial charge in [-0.2, -0.15) is 13.2 Å². The van der Waals surface area contributed by atoms with Crippen molar-refractivity contribution in [2.24, 2.45) is 7.05 Å². The van der Waals surface area contributed by atoms with E-state index in [0.717, 1.165) is 12.1 Å². The minimum Gasteiger partial charge on any atom is -0.350 e. The summed E-state index contributed by atoms with van der Waals surface area (Å²) in [4.78, 5) is 11.4. The fraction of sp³-hybridized carbons (Fsp3) is 0.182. The summed E-state index contributed by atoms with van der Waals surface area (Å²) in [6.45, 7) is 0. The van der Waals surface area contributed by atoms with Crippen LogP contribution in [0.1, 0.15) is 5.56 Å². The summed E-state index contributed by atoms with van der Waals surface area (Å²) < 4.78 is 38.9. The number of aromatic nitrogens is 1. The Morgan fingerprint density at radius 2 is 1.82 bits per heavy atom. The molecule has 0 aliphatic heterocycles. The number of alkyl halides is 3. The van der Waals surface area contributed by atoms with E-state index in [1.807, 2.05) is 0 Å². The third-order valence-corrected chi connectivity index (χ3v) is 2.42. The molecule has 0 amide bonds. The van der Waals surface area contributed by atoms with Gasteiger partial charge in [-0.3, -0.25) is 4.79 Å². The Balaban J connectivity index is 0.00000144.